The lowest BCUT2D eigenvalue weighted by atomic mass is 10.4. The summed E-state index contributed by atoms with van der Waals surface area (Å²) in [5.41, 5.74) is 0. The van der Waals surface area contributed by atoms with Crippen molar-refractivity contribution in [3.63, 3.8) is 0 Å². The highest BCUT2D eigenvalue weighted by Gasteiger charge is 2.31. The Morgan fingerprint density at radius 1 is 0.722 bits per heavy atom. The van der Waals surface area contributed by atoms with Crippen molar-refractivity contribution in [2.24, 2.45) is 0 Å². The normalized spacial score (nSPS) is 14.2. The van der Waals surface area contributed by atoms with E-state index < -0.39 is 7.26 Å². The van der Waals surface area contributed by atoms with Crippen LogP contribution in [-0.2, 0) is 0 Å². The first-order chi connectivity index (χ1) is 8.74. The van der Waals surface area contributed by atoms with E-state index in [1.54, 1.807) is 0 Å². The van der Waals surface area contributed by atoms with Crippen LogP contribution in [0.5, 0.6) is 0 Å². The molecule has 0 aliphatic carbocycles. The number of hydrogen-bond donors (Lipinski definition) is 1. The van der Waals surface area contributed by atoms with Crippen LogP contribution in [-0.4, -0.2) is 37.7 Å². The van der Waals surface area contributed by atoms with E-state index in [4.69, 9.17) is 0 Å². The average molecular weight is 266 g/mol. The highest BCUT2D eigenvalue weighted by atomic mass is 31.2. The zero-order valence-electron chi connectivity index (χ0n) is 11.7. The van der Waals surface area contributed by atoms with Crippen molar-refractivity contribution in [1.82, 2.24) is 5.32 Å². The van der Waals surface area contributed by atoms with Gasteiger partial charge in [0.15, 0.2) is 0 Å². The van der Waals surface area contributed by atoms with Crippen molar-refractivity contribution in [3.8, 4) is 0 Å². The summed E-state index contributed by atoms with van der Waals surface area (Å²) in [6, 6.07) is 0. The van der Waals surface area contributed by atoms with E-state index in [2.05, 4.69) is 31.6 Å². The van der Waals surface area contributed by atoms with E-state index in [0.29, 0.717) is 0 Å². The molecule has 0 unspecified atom stereocenters. The second-order valence-corrected chi connectivity index (χ2v) is 8.83. The highest BCUT2D eigenvalue weighted by molar-refractivity contribution is 7.76. The maximum absolute atomic E-state index is 3.82. The standard InChI is InChI=1S/C12H20P.C4H9N/c1-5-9-13(10-6-2,11-7-3)12-8-4;1-2-4-5-3-1/h5-8H,1-4,9-12H2;5H,1-4H2/q+1;. The van der Waals surface area contributed by atoms with Gasteiger partial charge in [-0.15, -0.1) is 0 Å². The van der Waals surface area contributed by atoms with Crippen molar-refractivity contribution in [1.29, 1.82) is 0 Å². The quantitative estimate of drug-likeness (QED) is 0.515. The summed E-state index contributed by atoms with van der Waals surface area (Å²) >= 11 is 0. The zero-order valence-corrected chi connectivity index (χ0v) is 12.6. The molecule has 1 rings (SSSR count). The minimum absolute atomic E-state index is 0.968. The van der Waals surface area contributed by atoms with Gasteiger partial charge < -0.3 is 5.32 Å². The number of rotatable bonds is 8. The average Bonchev–Trinajstić information content (AvgIpc) is 2.89. The van der Waals surface area contributed by atoms with E-state index in [-0.39, 0.29) is 0 Å². The summed E-state index contributed by atoms with van der Waals surface area (Å²) in [6.07, 6.45) is 15.3. The van der Waals surface area contributed by atoms with Gasteiger partial charge in [0.05, 0.1) is 24.6 Å². The molecular weight excluding hydrogens is 237 g/mol. The minimum Gasteiger partial charge on any atom is -0.317 e. The molecule has 0 aromatic rings. The molecule has 0 spiro atoms. The fourth-order valence-electron chi connectivity index (χ4n) is 2.17. The Bertz CT molecular complexity index is 201. The largest absolute Gasteiger partial charge is 0.317 e. The summed E-state index contributed by atoms with van der Waals surface area (Å²) in [5.74, 6) is 0. The van der Waals surface area contributed by atoms with Gasteiger partial charge in [-0.05, 0) is 25.9 Å². The van der Waals surface area contributed by atoms with Crippen LogP contribution in [0.3, 0.4) is 0 Å². The van der Waals surface area contributed by atoms with Gasteiger partial charge in [0.1, 0.15) is 0 Å². The third-order valence-electron chi connectivity index (χ3n) is 3.02. The van der Waals surface area contributed by atoms with Crippen LogP contribution in [0.15, 0.2) is 50.6 Å². The molecule has 1 aliphatic heterocycles. The van der Waals surface area contributed by atoms with Crippen molar-refractivity contribution in [2.45, 2.75) is 12.8 Å². The molecule has 0 aromatic heterocycles. The molecule has 0 atom stereocenters. The predicted molar refractivity (Wildman–Crippen MR) is 89.3 cm³/mol. The van der Waals surface area contributed by atoms with E-state index in [0.717, 1.165) is 24.6 Å². The van der Waals surface area contributed by atoms with E-state index in [1.165, 1.54) is 25.9 Å². The first-order valence-electron chi connectivity index (χ1n) is 6.74. The van der Waals surface area contributed by atoms with Crippen LogP contribution < -0.4 is 5.32 Å². The van der Waals surface area contributed by atoms with Gasteiger partial charge in [-0.25, -0.2) is 0 Å². The van der Waals surface area contributed by atoms with Crippen LogP contribution in [0.1, 0.15) is 12.8 Å². The summed E-state index contributed by atoms with van der Waals surface area (Å²) in [4.78, 5) is 0. The predicted octanol–water partition coefficient (Wildman–Crippen LogP) is 4.12. The van der Waals surface area contributed by atoms with Crippen LogP contribution in [0, 0.1) is 0 Å². The Morgan fingerprint density at radius 2 is 1.06 bits per heavy atom. The number of allylic oxidation sites excluding steroid dienone is 4. The summed E-state index contributed by atoms with van der Waals surface area (Å²) in [7, 11) is -0.968. The first-order valence-corrected chi connectivity index (χ1v) is 9.27. The molecule has 0 amide bonds. The molecule has 1 heterocycles. The fourth-order valence-corrected chi connectivity index (χ4v) is 5.25. The summed E-state index contributed by atoms with van der Waals surface area (Å²) in [6.45, 7) is 17.8. The molecule has 0 bridgehead atoms. The van der Waals surface area contributed by atoms with Crippen molar-refractivity contribution in [2.75, 3.05) is 37.7 Å². The van der Waals surface area contributed by atoms with E-state index in [9.17, 15) is 0 Å². The maximum atomic E-state index is 3.82. The van der Waals surface area contributed by atoms with Gasteiger partial charge in [-0.2, -0.15) is 0 Å². The van der Waals surface area contributed by atoms with Crippen LogP contribution in [0.25, 0.3) is 0 Å². The smallest absolute Gasteiger partial charge is 0.0780 e. The Kier molecular flexibility index (Phi) is 11.0. The van der Waals surface area contributed by atoms with Gasteiger partial charge in [-0.3, -0.25) is 0 Å². The Morgan fingerprint density at radius 3 is 1.22 bits per heavy atom. The number of hydrogen-bond acceptors (Lipinski definition) is 1. The van der Waals surface area contributed by atoms with Crippen LogP contribution >= 0.6 is 7.26 Å². The Labute approximate surface area is 114 Å². The Balaban J connectivity index is 0.000000473. The first kappa shape index (κ1) is 17.4. The molecule has 18 heavy (non-hydrogen) atoms. The van der Waals surface area contributed by atoms with Gasteiger partial charge in [-0.1, -0.05) is 50.6 Å². The lowest BCUT2D eigenvalue weighted by Gasteiger charge is -2.22. The highest BCUT2D eigenvalue weighted by Crippen LogP contribution is 2.58. The number of nitrogens with one attached hydrogen (secondary N) is 1. The second kappa shape index (κ2) is 11.4. The fraction of sp³-hybridized carbons (Fsp3) is 0.500. The molecule has 0 aromatic carbocycles. The van der Waals surface area contributed by atoms with Crippen molar-refractivity contribution >= 4 is 7.26 Å². The topological polar surface area (TPSA) is 12.0 Å². The molecule has 102 valence electrons. The third-order valence-corrected chi connectivity index (χ3v) is 7.15. The maximum Gasteiger partial charge on any atom is 0.0780 e. The third kappa shape index (κ3) is 7.63. The molecule has 1 fully saturated rings. The molecule has 1 N–H and O–H groups in total. The lowest BCUT2D eigenvalue weighted by Crippen LogP contribution is -2.07. The molecule has 0 radical (unpaired) electrons. The van der Waals surface area contributed by atoms with Crippen LogP contribution in [0.4, 0.5) is 0 Å². The Hall–Kier alpha value is -0.650. The molecular formula is C16H29NP+. The summed E-state index contributed by atoms with van der Waals surface area (Å²) in [5, 5.41) is 3.22. The monoisotopic (exact) mass is 266 g/mol. The lowest BCUT2D eigenvalue weighted by molar-refractivity contribution is 0.857. The molecule has 1 aliphatic rings. The molecule has 1 saturated heterocycles. The van der Waals surface area contributed by atoms with Crippen molar-refractivity contribution in [3.05, 3.63) is 50.6 Å². The van der Waals surface area contributed by atoms with Gasteiger partial charge in [0.2, 0.25) is 0 Å². The van der Waals surface area contributed by atoms with Gasteiger partial charge in [0.25, 0.3) is 0 Å². The molecule has 0 saturated carbocycles. The summed E-state index contributed by atoms with van der Waals surface area (Å²) < 4.78 is 0. The van der Waals surface area contributed by atoms with Crippen molar-refractivity contribution < 1.29 is 0 Å². The van der Waals surface area contributed by atoms with E-state index in [1.807, 2.05) is 24.3 Å². The van der Waals surface area contributed by atoms with Crippen LogP contribution in [0.2, 0.25) is 0 Å². The molecule has 2 heteroatoms. The van der Waals surface area contributed by atoms with Gasteiger partial charge >= 0.3 is 0 Å². The zero-order chi connectivity index (χ0) is 13.7. The van der Waals surface area contributed by atoms with E-state index >= 15 is 0 Å². The molecule has 1 nitrogen and oxygen atoms in total. The SMILES string of the molecule is C1CCNC1.C=CC[P+](CC=C)(CC=C)CC=C. The van der Waals surface area contributed by atoms with Gasteiger partial charge in [0, 0.05) is 7.26 Å². The second-order valence-electron chi connectivity index (χ2n) is 4.68. The minimum atomic E-state index is -0.968.